The highest BCUT2D eigenvalue weighted by atomic mass is 79.9. The van der Waals surface area contributed by atoms with Crippen LogP contribution in [0.1, 0.15) is 25.3 Å². The van der Waals surface area contributed by atoms with Crippen molar-refractivity contribution >= 4 is 21.6 Å². The Balaban J connectivity index is 1.97. The van der Waals surface area contributed by atoms with E-state index >= 15 is 0 Å². The van der Waals surface area contributed by atoms with Crippen molar-refractivity contribution in [2.24, 2.45) is 0 Å². The summed E-state index contributed by atoms with van der Waals surface area (Å²) in [6.07, 6.45) is 3.83. The first kappa shape index (κ1) is 11.9. The molecule has 1 saturated heterocycles. The molecule has 1 N–H and O–H groups in total. The second-order valence-electron chi connectivity index (χ2n) is 4.17. The van der Waals surface area contributed by atoms with Crippen LogP contribution in [0.2, 0.25) is 0 Å². The van der Waals surface area contributed by atoms with Gasteiger partial charge in [-0.15, -0.1) is 0 Å². The van der Waals surface area contributed by atoms with Crippen molar-refractivity contribution < 1.29 is 4.74 Å². The molecule has 1 aromatic carbocycles. The van der Waals surface area contributed by atoms with Crippen molar-refractivity contribution in [3.63, 3.8) is 0 Å². The number of halogens is 1. The van der Waals surface area contributed by atoms with E-state index in [1.165, 1.54) is 24.1 Å². The minimum Gasteiger partial charge on any atom is -0.382 e. The molecule has 0 aromatic heterocycles. The van der Waals surface area contributed by atoms with Crippen LogP contribution in [0.25, 0.3) is 0 Å². The maximum atomic E-state index is 5.60. The zero-order valence-electron chi connectivity index (χ0n) is 9.63. The van der Waals surface area contributed by atoms with Crippen LogP contribution in [0.5, 0.6) is 0 Å². The summed E-state index contributed by atoms with van der Waals surface area (Å²) in [6, 6.07) is 6.40. The summed E-state index contributed by atoms with van der Waals surface area (Å²) in [5.41, 5.74) is 2.59. The third kappa shape index (κ3) is 2.98. The molecule has 1 aliphatic heterocycles. The van der Waals surface area contributed by atoms with Gasteiger partial charge in [-0.25, -0.2) is 0 Å². The quantitative estimate of drug-likeness (QED) is 0.912. The summed E-state index contributed by atoms with van der Waals surface area (Å²) >= 11 is 3.50. The van der Waals surface area contributed by atoms with Gasteiger partial charge < -0.3 is 10.1 Å². The lowest BCUT2D eigenvalue weighted by Gasteiger charge is -2.14. The molecule has 0 amide bonds. The molecule has 0 saturated carbocycles. The smallest absolute Gasteiger partial charge is 0.0748 e. The molecule has 1 atom stereocenters. The van der Waals surface area contributed by atoms with Gasteiger partial charge in [0.1, 0.15) is 0 Å². The van der Waals surface area contributed by atoms with Crippen LogP contribution in [0.3, 0.4) is 0 Å². The van der Waals surface area contributed by atoms with Crippen LogP contribution in [0.4, 0.5) is 5.69 Å². The summed E-state index contributed by atoms with van der Waals surface area (Å²) < 4.78 is 6.75. The van der Waals surface area contributed by atoms with Crippen molar-refractivity contribution in [1.82, 2.24) is 0 Å². The lowest BCUT2D eigenvalue weighted by molar-refractivity contribution is 0.120. The molecule has 0 bridgehead atoms. The van der Waals surface area contributed by atoms with E-state index in [0.717, 1.165) is 24.0 Å². The second kappa shape index (κ2) is 5.69. The highest BCUT2D eigenvalue weighted by Gasteiger charge is 2.15. The average molecular weight is 284 g/mol. The molecular formula is C13H18BrNO. The third-order valence-corrected chi connectivity index (χ3v) is 3.49. The third-order valence-electron chi connectivity index (χ3n) is 2.99. The molecule has 1 fully saturated rings. The van der Waals surface area contributed by atoms with E-state index in [4.69, 9.17) is 4.74 Å². The first-order valence-corrected chi connectivity index (χ1v) is 6.73. The number of anilines is 1. The number of hydrogen-bond acceptors (Lipinski definition) is 2. The van der Waals surface area contributed by atoms with Crippen LogP contribution in [0, 0.1) is 0 Å². The molecule has 0 radical (unpaired) electrons. The predicted molar refractivity (Wildman–Crippen MR) is 71.0 cm³/mol. The summed E-state index contributed by atoms with van der Waals surface area (Å²) in [7, 11) is 0. The van der Waals surface area contributed by atoms with Crippen molar-refractivity contribution in [3.8, 4) is 0 Å². The molecule has 1 aromatic rings. The molecule has 1 heterocycles. The van der Waals surface area contributed by atoms with E-state index < -0.39 is 0 Å². The Morgan fingerprint density at radius 3 is 3.06 bits per heavy atom. The predicted octanol–water partition coefficient (Wildman–Crippen LogP) is 3.60. The number of rotatable bonds is 4. The Morgan fingerprint density at radius 2 is 2.38 bits per heavy atom. The van der Waals surface area contributed by atoms with Gasteiger partial charge in [0.25, 0.3) is 0 Å². The standard InChI is InChI=1S/C13H18BrNO/c1-2-10-8-11(14)5-6-13(10)15-9-12-4-3-7-16-12/h5-6,8,12,15H,2-4,7,9H2,1H3. The van der Waals surface area contributed by atoms with Crippen LogP contribution in [-0.4, -0.2) is 19.3 Å². The fourth-order valence-electron chi connectivity index (χ4n) is 2.06. The zero-order valence-corrected chi connectivity index (χ0v) is 11.2. The minimum absolute atomic E-state index is 0.397. The van der Waals surface area contributed by atoms with Gasteiger partial charge in [-0.2, -0.15) is 0 Å². The summed E-state index contributed by atoms with van der Waals surface area (Å²) in [5.74, 6) is 0. The van der Waals surface area contributed by atoms with Crippen molar-refractivity contribution in [3.05, 3.63) is 28.2 Å². The molecule has 16 heavy (non-hydrogen) atoms. The van der Waals surface area contributed by atoms with Gasteiger partial charge in [0.15, 0.2) is 0 Å². The van der Waals surface area contributed by atoms with E-state index in [1.807, 2.05) is 0 Å². The van der Waals surface area contributed by atoms with E-state index in [2.05, 4.69) is 46.4 Å². The second-order valence-corrected chi connectivity index (χ2v) is 5.09. The van der Waals surface area contributed by atoms with Gasteiger partial charge in [0, 0.05) is 23.3 Å². The Morgan fingerprint density at radius 1 is 1.50 bits per heavy atom. The number of aryl methyl sites for hydroxylation is 1. The first-order valence-electron chi connectivity index (χ1n) is 5.93. The van der Waals surface area contributed by atoms with Crippen molar-refractivity contribution in [2.75, 3.05) is 18.5 Å². The van der Waals surface area contributed by atoms with Gasteiger partial charge >= 0.3 is 0 Å². The van der Waals surface area contributed by atoms with Gasteiger partial charge in [0.2, 0.25) is 0 Å². The first-order chi connectivity index (χ1) is 7.79. The molecule has 2 nitrogen and oxygen atoms in total. The molecule has 3 heteroatoms. The molecular weight excluding hydrogens is 266 g/mol. The zero-order chi connectivity index (χ0) is 11.4. The maximum Gasteiger partial charge on any atom is 0.0748 e. The van der Waals surface area contributed by atoms with E-state index in [-0.39, 0.29) is 0 Å². The van der Waals surface area contributed by atoms with Crippen molar-refractivity contribution in [1.29, 1.82) is 0 Å². The van der Waals surface area contributed by atoms with Crippen LogP contribution < -0.4 is 5.32 Å². The SMILES string of the molecule is CCc1cc(Br)ccc1NCC1CCCO1. The van der Waals surface area contributed by atoms with E-state index in [9.17, 15) is 0 Å². The Bertz CT molecular complexity index is 348. The van der Waals surface area contributed by atoms with Crippen LogP contribution in [0.15, 0.2) is 22.7 Å². The van der Waals surface area contributed by atoms with Gasteiger partial charge in [-0.1, -0.05) is 22.9 Å². The van der Waals surface area contributed by atoms with E-state index in [1.54, 1.807) is 0 Å². The molecule has 1 aliphatic rings. The molecule has 0 spiro atoms. The largest absolute Gasteiger partial charge is 0.382 e. The Kier molecular flexibility index (Phi) is 4.24. The summed E-state index contributed by atoms with van der Waals surface area (Å²) in [5, 5.41) is 3.49. The van der Waals surface area contributed by atoms with Crippen LogP contribution in [-0.2, 0) is 11.2 Å². The topological polar surface area (TPSA) is 21.3 Å². The van der Waals surface area contributed by atoms with Gasteiger partial charge in [-0.05, 0) is 43.0 Å². The lowest BCUT2D eigenvalue weighted by atomic mass is 10.1. The Labute approximate surface area is 106 Å². The summed E-state index contributed by atoms with van der Waals surface area (Å²) in [4.78, 5) is 0. The molecule has 88 valence electrons. The summed E-state index contributed by atoms with van der Waals surface area (Å²) in [6.45, 7) is 4.03. The normalized spacial score (nSPS) is 20.0. The number of ether oxygens (including phenoxy) is 1. The van der Waals surface area contributed by atoms with Crippen molar-refractivity contribution in [2.45, 2.75) is 32.3 Å². The molecule has 2 rings (SSSR count). The Hall–Kier alpha value is -0.540. The number of benzene rings is 1. The fraction of sp³-hybridized carbons (Fsp3) is 0.538. The highest BCUT2D eigenvalue weighted by Crippen LogP contribution is 2.22. The average Bonchev–Trinajstić information content (AvgIpc) is 2.80. The fourth-order valence-corrected chi connectivity index (χ4v) is 2.46. The van der Waals surface area contributed by atoms with Gasteiger partial charge in [0.05, 0.1) is 6.10 Å². The van der Waals surface area contributed by atoms with Crippen LogP contribution >= 0.6 is 15.9 Å². The van der Waals surface area contributed by atoms with E-state index in [0.29, 0.717) is 6.10 Å². The molecule has 1 unspecified atom stereocenters. The number of hydrogen-bond donors (Lipinski definition) is 1. The molecule has 0 aliphatic carbocycles. The number of nitrogens with one attached hydrogen (secondary N) is 1. The maximum absolute atomic E-state index is 5.60. The minimum atomic E-state index is 0.397. The van der Waals surface area contributed by atoms with Gasteiger partial charge in [-0.3, -0.25) is 0 Å². The monoisotopic (exact) mass is 283 g/mol. The lowest BCUT2D eigenvalue weighted by Crippen LogP contribution is -2.18. The highest BCUT2D eigenvalue weighted by molar-refractivity contribution is 9.10.